The van der Waals surface area contributed by atoms with Crippen molar-refractivity contribution in [1.82, 2.24) is 4.98 Å². The van der Waals surface area contributed by atoms with Gasteiger partial charge in [-0.2, -0.15) is 0 Å². The molecule has 1 aliphatic carbocycles. The van der Waals surface area contributed by atoms with Gasteiger partial charge in [-0.3, -0.25) is 0 Å². The van der Waals surface area contributed by atoms with Crippen LogP contribution in [0.4, 0.5) is 0 Å². The number of hydrogen-bond donors (Lipinski definition) is 1. The molecular formula is C19H20Cl2N2O3. The summed E-state index contributed by atoms with van der Waals surface area (Å²) in [6.07, 6.45) is 5.00. The molecule has 0 saturated heterocycles. The Bertz CT molecular complexity index is 785. The van der Waals surface area contributed by atoms with E-state index in [1.807, 2.05) is 18.2 Å². The minimum Gasteiger partial charge on any atom is -0.493 e. The zero-order chi connectivity index (χ0) is 18.5. The Balaban J connectivity index is 1.85. The third kappa shape index (κ3) is 4.59. The van der Waals surface area contributed by atoms with Crippen LogP contribution >= 0.6 is 23.2 Å². The molecule has 1 aliphatic rings. The molecule has 0 aliphatic heterocycles. The first kappa shape index (κ1) is 18.8. The summed E-state index contributed by atoms with van der Waals surface area (Å²) < 4.78 is 11.5. The molecular weight excluding hydrogens is 375 g/mol. The van der Waals surface area contributed by atoms with Gasteiger partial charge in [-0.25, -0.2) is 4.98 Å². The van der Waals surface area contributed by atoms with Gasteiger partial charge in [-0.1, -0.05) is 28.4 Å². The molecule has 1 N–H and O–H groups in total. The molecule has 0 atom stereocenters. The average molecular weight is 395 g/mol. The fraction of sp³-hybridized carbons (Fsp3) is 0.368. The number of benzene rings is 1. The van der Waals surface area contributed by atoms with E-state index in [4.69, 9.17) is 32.7 Å². The molecule has 0 radical (unpaired) electrons. The molecule has 1 heterocycles. The van der Waals surface area contributed by atoms with E-state index >= 15 is 0 Å². The molecule has 0 bridgehead atoms. The van der Waals surface area contributed by atoms with Gasteiger partial charge in [-0.15, -0.1) is 0 Å². The van der Waals surface area contributed by atoms with Crippen molar-refractivity contribution < 1.29 is 14.7 Å². The summed E-state index contributed by atoms with van der Waals surface area (Å²) in [6.45, 7) is 0. The number of nitrogens with zero attached hydrogens (tertiary/aromatic N) is 2. The van der Waals surface area contributed by atoms with Gasteiger partial charge in [-0.05, 0) is 61.6 Å². The first-order valence-corrected chi connectivity index (χ1v) is 9.22. The van der Waals surface area contributed by atoms with E-state index in [1.54, 1.807) is 19.2 Å². The van der Waals surface area contributed by atoms with Crippen molar-refractivity contribution in [3.8, 4) is 11.5 Å². The van der Waals surface area contributed by atoms with Crippen LogP contribution in [0.5, 0.6) is 11.5 Å². The Morgan fingerprint density at radius 2 is 1.85 bits per heavy atom. The van der Waals surface area contributed by atoms with Crippen LogP contribution in [0.15, 0.2) is 35.5 Å². The molecule has 0 spiro atoms. The highest BCUT2D eigenvalue weighted by Gasteiger charge is 2.19. The van der Waals surface area contributed by atoms with Gasteiger partial charge in [0.05, 0.1) is 18.9 Å². The maximum Gasteiger partial charge on any atom is 0.162 e. The predicted octanol–water partition coefficient (Wildman–Crippen LogP) is 5.14. The quantitative estimate of drug-likeness (QED) is 0.318. The van der Waals surface area contributed by atoms with Gasteiger partial charge in [0.2, 0.25) is 0 Å². The fourth-order valence-electron chi connectivity index (χ4n) is 3.14. The number of aromatic nitrogens is 1. The van der Waals surface area contributed by atoms with Crippen molar-refractivity contribution >= 4 is 28.9 Å². The van der Waals surface area contributed by atoms with Crippen molar-refractivity contribution in [2.24, 2.45) is 5.16 Å². The van der Waals surface area contributed by atoms with Crippen LogP contribution in [0.1, 0.15) is 36.8 Å². The van der Waals surface area contributed by atoms with Gasteiger partial charge >= 0.3 is 0 Å². The molecule has 1 aromatic carbocycles. The Morgan fingerprint density at radius 1 is 1.15 bits per heavy atom. The zero-order valence-corrected chi connectivity index (χ0v) is 15.9. The number of hydrogen-bond acceptors (Lipinski definition) is 5. The van der Waals surface area contributed by atoms with Crippen LogP contribution in [0.25, 0.3) is 0 Å². The molecule has 5 nitrogen and oxygen atoms in total. The van der Waals surface area contributed by atoms with Crippen molar-refractivity contribution in [3.05, 3.63) is 51.8 Å². The first-order chi connectivity index (χ1) is 12.6. The zero-order valence-electron chi connectivity index (χ0n) is 14.4. The van der Waals surface area contributed by atoms with Gasteiger partial charge < -0.3 is 14.7 Å². The Morgan fingerprint density at radius 3 is 2.46 bits per heavy atom. The van der Waals surface area contributed by atoms with E-state index in [0.29, 0.717) is 33.9 Å². The minimum absolute atomic E-state index is 0.200. The van der Waals surface area contributed by atoms with Gasteiger partial charge in [0.15, 0.2) is 11.5 Å². The Kier molecular flexibility index (Phi) is 6.22. The maximum absolute atomic E-state index is 9.52. The SMILES string of the molecule is COc1ccc(/C(Cc2cc(Cl)nc(Cl)c2)=N\O)cc1OC1CCCC1. The van der Waals surface area contributed by atoms with Crippen molar-refractivity contribution in [2.45, 2.75) is 38.2 Å². The third-order valence-corrected chi connectivity index (χ3v) is 4.79. The van der Waals surface area contributed by atoms with E-state index in [9.17, 15) is 5.21 Å². The Labute approximate surface area is 162 Å². The lowest BCUT2D eigenvalue weighted by Crippen LogP contribution is -2.13. The lowest BCUT2D eigenvalue weighted by Gasteiger charge is -2.17. The standard InChI is InChI=1S/C19H20Cl2N2O3/c1-25-16-7-6-13(11-17(16)26-14-4-2-3-5-14)15(23-24)8-12-9-18(20)22-19(21)10-12/h6-7,9-11,14,24H,2-5,8H2,1H3/b23-15-. The van der Waals surface area contributed by atoms with Crippen LogP contribution in [0, 0.1) is 0 Å². The number of oxime groups is 1. The lowest BCUT2D eigenvalue weighted by atomic mass is 10.0. The van der Waals surface area contributed by atoms with Crippen LogP contribution < -0.4 is 9.47 Å². The van der Waals surface area contributed by atoms with Crippen molar-refractivity contribution in [3.63, 3.8) is 0 Å². The summed E-state index contributed by atoms with van der Waals surface area (Å²) in [6, 6.07) is 8.88. The molecule has 3 rings (SSSR count). The maximum atomic E-state index is 9.52. The summed E-state index contributed by atoms with van der Waals surface area (Å²) in [5, 5.41) is 13.6. The normalized spacial score (nSPS) is 15.3. The van der Waals surface area contributed by atoms with Gasteiger partial charge in [0.25, 0.3) is 0 Å². The minimum atomic E-state index is 0.200. The number of ether oxygens (including phenoxy) is 2. The first-order valence-electron chi connectivity index (χ1n) is 8.47. The molecule has 7 heteroatoms. The van der Waals surface area contributed by atoms with E-state index in [-0.39, 0.29) is 6.10 Å². The van der Waals surface area contributed by atoms with Crippen LogP contribution in [-0.4, -0.2) is 29.1 Å². The summed E-state index contributed by atoms with van der Waals surface area (Å²) in [5.74, 6) is 1.32. The summed E-state index contributed by atoms with van der Waals surface area (Å²) in [7, 11) is 1.61. The molecule has 0 unspecified atom stereocenters. The number of pyridine rings is 1. The number of rotatable bonds is 6. The van der Waals surface area contributed by atoms with Crippen LogP contribution in [0.3, 0.4) is 0 Å². The second-order valence-corrected chi connectivity index (χ2v) is 7.01. The van der Waals surface area contributed by atoms with Crippen molar-refractivity contribution in [1.29, 1.82) is 0 Å². The van der Waals surface area contributed by atoms with Crippen molar-refractivity contribution in [2.75, 3.05) is 7.11 Å². The highest BCUT2D eigenvalue weighted by Crippen LogP contribution is 2.33. The van der Waals surface area contributed by atoms with E-state index in [0.717, 1.165) is 24.0 Å². The monoisotopic (exact) mass is 394 g/mol. The number of halogens is 2. The van der Waals surface area contributed by atoms with E-state index in [1.165, 1.54) is 12.8 Å². The Hall–Kier alpha value is -1.98. The fourth-order valence-corrected chi connectivity index (χ4v) is 3.64. The largest absolute Gasteiger partial charge is 0.493 e. The summed E-state index contributed by atoms with van der Waals surface area (Å²) in [4.78, 5) is 3.93. The summed E-state index contributed by atoms with van der Waals surface area (Å²) in [5.41, 5.74) is 2.02. The molecule has 1 fully saturated rings. The van der Waals surface area contributed by atoms with Gasteiger partial charge in [0.1, 0.15) is 10.3 Å². The second-order valence-electron chi connectivity index (χ2n) is 6.23. The highest BCUT2D eigenvalue weighted by atomic mass is 35.5. The molecule has 1 aromatic heterocycles. The molecule has 1 saturated carbocycles. The average Bonchev–Trinajstić information content (AvgIpc) is 3.12. The second kappa shape index (κ2) is 8.60. The smallest absolute Gasteiger partial charge is 0.162 e. The topological polar surface area (TPSA) is 63.9 Å². The molecule has 2 aromatic rings. The molecule has 0 amide bonds. The van der Waals surface area contributed by atoms with E-state index in [2.05, 4.69) is 10.1 Å². The van der Waals surface area contributed by atoms with E-state index < -0.39 is 0 Å². The summed E-state index contributed by atoms with van der Waals surface area (Å²) >= 11 is 11.9. The van der Waals surface area contributed by atoms with Crippen LogP contribution in [0.2, 0.25) is 10.3 Å². The van der Waals surface area contributed by atoms with Crippen LogP contribution in [-0.2, 0) is 6.42 Å². The highest BCUT2D eigenvalue weighted by molar-refractivity contribution is 6.32. The third-order valence-electron chi connectivity index (χ3n) is 4.41. The lowest BCUT2D eigenvalue weighted by molar-refractivity contribution is 0.201. The predicted molar refractivity (Wildman–Crippen MR) is 102 cm³/mol. The molecule has 138 valence electrons. The van der Waals surface area contributed by atoms with Gasteiger partial charge in [0, 0.05) is 12.0 Å². The molecule has 26 heavy (non-hydrogen) atoms. The number of methoxy groups -OCH3 is 1.